The number of hydrogen-bond donors (Lipinski definition) is 1. The molecule has 1 heterocycles. The first-order valence-electron chi connectivity index (χ1n) is 7.00. The van der Waals surface area contributed by atoms with Crippen LogP contribution in [-0.4, -0.2) is 28.1 Å². The maximum absolute atomic E-state index is 12.6. The normalized spacial score (nSPS) is 10.8. The molecule has 0 spiro atoms. The van der Waals surface area contributed by atoms with E-state index in [0.29, 0.717) is 31.0 Å². The molecule has 0 amide bonds. The minimum absolute atomic E-state index is 0.0537. The molecular formula is C16H20N2O3. The summed E-state index contributed by atoms with van der Waals surface area (Å²) in [7, 11) is 0. The summed E-state index contributed by atoms with van der Waals surface area (Å²) in [5, 5.41) is 14.4. The van der Waals surface area contributed by atoms with Crippen LogP contribution >= 0.6 is 0 Å². The van der Waals surface area contributed by atoms with Crippen molar-refractivity contribution in [2.45, 2.75) is 27.3 Å². The molecule has 5 nitrogen and oxygen atoms in total. The van der Waals surface area contributed by atoms with Crippen LogP contribution < -0.4 is 5.56 Å². The van der Waals surface area contributed by atoms with Gasteiger partial charge in [-0.1, -0.05) is 24.3 Å². The first kappa shape index (κ1) is 15.3. The van der Waals surface area contributed by atoms with Crippen LogP contribution in [0.15, 0.2) is 29.1 Å². The maximum atomic E-state index is 12.6. The highest BCUT2D eigenvalue weighted by molar-refractivity contribution is 5.72. The minimum atomic E-state index is -0.299. The highest BCUT2D eigenvalue weighted by atomic mass is 16.5. The Labute approximate surface area is 123 Å². The van der Waals surface area contributed by atoms with Gasteiger partial charge in [0.25, 0.3) is 5.56 Å². The highest BCUT2D eigenvalue weighted by Gasteiger charge is 2.17. The summed E-state index contributed by atoms with van der Waals surface area (Å²) >= 11 is 0. The van der Waals surface area contributed by atoms with E-state index in [4.69, 9.17) is 4.74 Å². The van der Waals surface area contributed by atoms with Crippen molar-refractivity contribution in [3.63, 3.8) is 0 Å². The summed E-state index contributed by atoms with van der Waals surface area (Å²) in [6, 6.07) is 7.49. The van der Waals surface area contributed by atoms with Crippen molar-refractivity contribution in [3.05, 3.63) is 45.9 Å². The SMILES string of the molecule is CCOCCn1nc(C)c(O)c(-c2ccccc2C)c1=O. The van der Waals surface area contributed by atoms with Crippen LogP contribution in [0.25, 0.3) is 11.1 Å². The van der Waals surface area contributed by atoms with E-state index in [9.17, 15) is 9.90 Å². The lowest BCUT2D eigenvalue weighted by atomic mass is 10.0. The van der Waals surface area contributed by atoms with Gasteiger partial charge in [0, 0.05) is 6.61 Å². The molecule has 5 heteroatoms. The van der Waals surface area contributed by atoms with Crippen molar-refractivity contribution in [2.24, 2.45) is 0 Å². The van der Waals surface area contributed by atoms with E-state index in [-0.39, 0.29) is 11.3 Å². The fourth-order valence-electron chi connectivity index (χ4n) is 2.23. The Morgan fingerprint density at radius 3 is 2.67 bits per heavy atom. The monoisotopic (exact) mass is 288 g/mol. The maximum Gasteiger partial charge on any atom is 0.278 e. The van der Waals surface area contributed by atoms with E-state index in [1.807, 2.05) is 38.1 Å². The van der Waals surface area contributed by atoms with Crippen molar-refractivity contribution in [1.29, 1.82) is 0 Å². The van der Waals surface area contributed by atoms with E-state index in [0.717, 1.165) is 11.1 Å². The molecule has 0 unspecified atom stereocenters. The molecule has 1 N–H and O–H groups in total. The first-order chi connectivity index (χ1) is 10.1. The lowest BCUT2D eigenvalue weighted by Gasteiger charge is -2.13. The van der Waals surface area contributed by atoms with Gasteiger partial charge in [-0.3, -0.25) is 4.79 Å². The summed E-state index contributed by atoms with van der Waals surface area (Å²) < 4.78 is 6.62. The number of aromatic hydroxyl groups is 1. The third kappa shape index (κ3) is 3.13. The number of hydrogen-bond acceptors (Lipinski definition) is 4. The molecular weight excluding hydrogens is 268 g/mol. The van der Waals surface area contributed by atoms with E-state index in [2.05, 4.69) is 5.10 Å². The smallest absolute Gasteiger partial charge is 0.278 e. The quantitative estimate of drug-likeness (QED) is 0.857. The second-order valence-electron chi connectivity index (χ2n) is 4.85. The van der Waals surface area contributed by atoms with Gasteiger partial charge in [0.1, 0.15) is 5.69 Å². The summed E-state index contributed by atoms with van der Waals surface area (Å²) in [5.41, 5.74) is 2.11. The van der Waals surface area contributed by atoms with Gasteiger partial charge in [0.15, 0.2) is 5.75 Å². The number of aromatic nitrogens is 2. The van der Waals surface area contributed by atoms with Crippen LogP contribution in [0.2, 0.25) is 0 Å². The van der Waals surface area contributed by atoms with Crippen molar-refractivity contribution < 1.29 is 9.84 Å². The Morgan fingerprint density at radius 1 is 1.29 bits per heavy atom. The molecule has 0 bridgehead atoms. The average Bonchev–Trinajstić information content (AvgIpc) is 2.47. The summed E-state index contributed by atoms with van der Waals surface area (Å²) in [4.78, 5) is 12.6. The van der Waals surface area contributed by atoms with Gasteiger partial charge in [-0.25, -0.2) is 4.68 Å². The summed E-state index contributed by atoms with van der Waals surface area (Å²) in [6.45, 7) is 6.88. The lowest BCUT2D eigenvalue weighted by molar-refractivity contribution is 0.135. The molecule has 0 saturated heterocycles. The van der Waals surface area contributed by atoms with Gasteiger partial charge in [0.2, 0.25) is 0 Å². The highest BCUT2D eigenvalue weighted by Crippen LogP contribution is 2.29. The lowest BCUT2D eigenvalue weighted by Crippen LogP contribution is -2.27. The molecule has 0 aliphatic carbocycles. The van der Waals surface area contributed by atoms with Crippen LogP contribution in [0.5, 0.6) is 5.75 Å². The molecule has 2 aromatic rings. The van der Waals surface area contributed by atoms with Gasteiger partial charge in [-0.05, 0) is 31.9 Å². The van der Waals surface area contributed by atoms with Gasteiger partial charge < -0.3 is 9.84 Å². The minimum Gasteiger partial charge on any atom is -0.505 e. The molecule has 112 valence electrons. The molecule has 1 aromatic heterocycles. The Bertz CT molecular complexity index is 692. The zero-order valence-corrected chi connectivity index (χ0v) is 12.6. The molecule has 0 aliphatic heterocycles. The zero-order chi connectivity index (χ0) is 15.4. The standard InChI is InChI=1S/C16H20N2O3/c1-4-21-10-9-18-16(20)14(15(19)12(3)17-18)13-8-6-5-7-11(13)2/h5-8,19H,4,9-10H2,1-3H3. The predicted molar refractivity (Wildman–Crippen MR) is 81.6 cm³/mol. The fourth-order valence-corrected chi connectivity index (χ4v) is 2.23. The molecule has 0 atom stereocenters. The second kappa shape index (κ2) is 6.54. The van der Waals surface area contributed by atoms with Crippen LogP contribution in [0.3, 0.4) is 0 Å². The molecule has 0 fully saturated rings. The van der Waals surface area contributed by atoms with Gasteiger partial charge in [-0.15, -0.1) is 0 Å². The van der Waals surface area contributed by atoms with Crippen molar-refractivity contribution >= 4 is 0 Å². The molecule has 0 saturated carbocycles. The van der Waals surface area contributed by atoms with Crippen molar-refractivity contribution in [3.8, 4) is 16.9 Å². The van der Waals surface area contributed by atoms with Crippen molar-refractivity contribution in [1.82, 2.24) is 9.78 Å². The molecule has 21 heavy (non-hydrogen) atoms. The summed E-state index contributed by atoms with van der Waals surface area (Å²) in [5.74, 6) is -0.0537. The average molecular weight is 288 g/mol. The summed E-state index contributed by atoms with van der Waals surface area (Å²) in [6.07, 6.45) is 0. The first-order valence-corrected chi connectivity index (χ1v) is 7.00. The molecule has 1 aromatic carbocycles. The fraction of sp³-hybridized carbons (Fsp3) is 0.375. The second-order valence-corrected chi connectivity index (χ2v) is 4.85. The third-order valence-electron chi connectivity index (χ3n) is 3.36. The zero-order valence-electron chi connectivity index (χ0n) is 12.6. The number of rotatable bonds is 5. The van der Waals surface area contributed by atoms with E-state index >= 15 is 0 Å². The van der Waals surface area contributed by atoms with Gasteiger partial charge >= 0.3 is 0 Å². The number of ether oxygens (including phenoxy) is 1. The number of aryl methyl sites for hydroxylation is 2. The van der Waals surface area contributed by atoms with E-state index in [1.165, 1.54) is 4.68 Å². The van der Waals surface area contributed by atoms with Gasteiger partial charge in [0.05, 0.1) is 18.7 Å². The third-order valence-corrected chi connectivity index (χ3v) is 3.36. The number of benzene rings is 1. The van der Waals surface area contributed by atoms with Crippen molar-refractivity contribution in [2.75, 3.05) is 13.2 Å². The Kier molecular flexibility index (Phi) is 4.75. The van der Waals surface area contributed by atoms with Crippen LogP contribution in [-0.2, 0) is 11.3 Å². The predicted octanol–water partition coefficient (Wildman–Crippen LogP) is 2.27. The van der Waals surface area contributed by atoms with E-state index in [1.54, 1.807) is 6.92 Å². The molecule has 0 radical (unpaired) electrons. The Hall–Kier alpha value is -2.14. The largest absolute Gasteiger partial charge is 0.505 e. The van der Waals surface area contributed by atoms with Crippen LogP contribution in [0.1, 0.15) is 18.2 Å². The topological polar surface area (TPSA) is 64.3 Å². The van der Waals surface area contributed by atoms with Crippen LogP contribution in [0, 0.1) is 13.8 Å². The van der Waals surface area contributed by atoms with Crippen LogP contribution in [0.4, 0.5) is 0 Å². The Morgan fingerprint density at radius 2 is 2.00 bits per heavy atom. The Balaban J connectivity index is 2.55. The van der Waals surface area contributed by atoms with Gasteiger partial charge in [-0.2, -0.15) is 5.10 Å². The molecule has 0 aliphatic rings. The number of nitrogens with zero attached hydrogens (tertiary/aromatic N) is 2. The molecule has 2 rings (SSSR count). The van der Waals surface area contributed by atoms with E-state index < -0.39 is 0 Å².